The van der Waals surface area contributed by atoms with Crippen molar-refractivity contribution in [3.8, 4) is 0 Å². The summed E-state index contributed by atoms with van der Waals surface area (Å²) >= 11 is 0. The topological polar surface area (TPSA) is 52.6 Å². The van der Waals surface area contributed by atoms with Crippen LogP contribution in [0.4, 0.5) is 0 Å². The summed E-state index contributed by atoms with van der Waals surface area (Å²) < 4.78 is 9.71. The van der Waals surface area contributed by atoms with Gasteiger partial charge >= 0.3 is 11.9 Å². The monoisotopic (exact) mass is 187 g/mol. The molecular weight excluding hydrogens is 172 g/mol. The van der Waals surface area contributed by atoms with Crippen LogP contribution in [0.3, 0.4) is 0 Å². The maximum atomic E-state index is 10.6. The summed E-state index contributed by atoms with van der Waals surface area (Å²) in [6.07, 6.45) is 0.558. The van der Waals surface area contributed by atoms with Crippen LogP contribution in [0.5, 0.6) is 0 Å². The largest absolute Gasteiger partial charge is 0.458 e. The van der Waals surface area contributed by atoms with Gasteiger partial charge in [-0.2, -0.15) is 0 Å². The van der Waals surface area contributed by atoms with Crippen LogP contribution in [-0.4, -0.2) is 18.0 Å². The molecule has 0 saturated heterocycles. The lowest BCUT2D eigenvalue weighted by atomic mass is 10.2. The Kier molecular flexibility index (Phi) is 5.11. The molecule has 0 spiro atoms. The Hall–Kier alpha value is -1.06. The van der Waals surface area contributed by atoms with Gasteiger partial charge in [-0.25, -0.2) is 0 Å². The molecule has 0 bridgehead atoms. The number of rotatable bonds is 4. The number of carbonyl (C=O) groups excluding carboxylic acids is 2. The summed E-state index contributed by atoms with van der Waals surface area (Å²) in [5.74, 6) is -0.776. The molecule has 0 N–H and O–H groups in total. The lowest BCUT2D eigenvalue weighted by molar-refractivity contribution is -0.154. The number of ether oxygens (including phenoxy) is 2. The summed E-state index contributed by atoms with van der Waals surface area (Å²) in [7, 11) is 0. The zero-order valence-corrected chi connectivity index (χ0v) is 8.42. The minimum absolute atomic E-state index is 0.384. The Morgan fingerprint density at radius 3 is 2.08 bits per heavy atom. The first-order valence-corrected chi connectivity index (χ1v) is 4.18. The van der Waals surface area contributed by atoms with Crippen LogP contribution in [0.15, 0.2) is 0 Å². The van der Waals surface area contributed by atoms with Crippen LogP contribution in [0.1, 0.15) is 34.1 Å². The van der Waals surface area contributed by atoms with Gasteiger partial charge in [0, 0.05) is 13.8 Å². The minimum atomic E-state index is -0.466. The van der Waals surface area contributed by atoms with E-state index in [4.69, 9.17) is 9.47 Å². The fourth-order valence-corrected chi connectivity index (χ4v) is 0.942. The summed E-state index contributed by atoms with van der Waals surface area (Å²) in [6.45, 7) is 6.13. The Morgan fingerprint density at radius 2 is 1.77 bits per heavy atom. The van der Waals surface area contributed by atoms with Gasteiger partial charge in [-0.1, -0.05) is 6.92 Å². The van der Waals surface area contributed by atoms with Gasteiger partial charge in [-0.05, 0) is 13.3 Å². The fraction of sp³-hybridized carbons (Fsp3) is 0.667. The first-order chi connectivity index (χ1) is 5.97. The molecule has 1 unspecified atom stereocenters. The van der Waals surface area contributed by atoms with Gasteiger partial charge in [0.1, 0.15) is 6.10 Å². The van der Waals surface area contributed by atoms with Crippen LogP contribution in [0.25, 0.3) is 0 Å². The third kappa shape index (κ3) is 5.22. The van der Waals surface area contributed by atoms with E-state index in [2.05, 4.69) is 0 Å². The summed E-state index contributed by atoms with van der Waals surface area (Å²) in [4.78, 5) is 21.2. The second kappa shape index (κ2) is 5.56. The van der Waals surface area contributed by atoms with Crippen molar-refractivity contribution in [2.75, 3.05) is 0 Å². The van der Waals surface area contributed by atoms with Crippen LogP contribution >= 0.6 is 0 Å². The highest BCUT2D eigenvalue weighted by Gasteiger charge is 2.22. The second-order valence-corrected chi connectivity index (χ2v) is 2.67. The average molecular weight is 187 g/mol. The molecule has 0 aromatic heterocycles. The van der Waals surface area contributed by atoms with E-state index in [1.54, 1.807) is 6.92 Å². The molecule has 1 atom stereocenters. The zero-order valence-electron chi connectivity index (χ0n) is 8.42. The van der Waals surface area contributed by atoms with Crippen LogP contribution in [0, 0.1) is 6.10 Å². The average Bonchev–Trinajstić information content (AvgIpc) is 1.98. The lowest BCUT2D eigenvalue weighted by Gasteiger charge is -2.20. The summed E-state index contributed by atoms with van der Waals surface area (Å²) in [6, 6.07) is 0. The first kappa shape index (κ1) is 11.9. The van der Waals surface area contributed by atoms with Crippen molar-refractivity contribution in [2.45, 2.75) is 40.2 Å². The normalized spacial score (nSPS) is 12.4. The van der Waals surface area contributed by atoms with E-state index in [1.165, 1.54) is 13.8 Å². The summed E-state index contributed by atoms with van der Waals surface area (Å²) in [5, 5.41) is 0. The van der Waals surface area contributed by atoms with Crippen molar-refractivity contribution in [3.05, 3.63) is 6.10 Å². The number of carbonyl (C=O) groups is 2. The van der Waals surface area contributed by atoms with Gasteiger partial charge in [0.25, 0.3) is 0 Å². The molecule has 0 rings (SSSR count). The predicted molar refractivity (Wildman–Crippen MR) is 46.5 cm³/mol. The smallest absolute Gasteiger partial charge is 0.303 e. The Bertz CT molecular complexity index is 188. The molecule has 0 amide bonds. The minimum Gasteiger partial charge on any atom is -0.458 e. The van der Waals surface area contributed by atoms with E-state index < -0.39 is 12.1 Å². The maximum Gasteiger partial charge on any atom is 0.303 e. The summed E-state index contributed by atoms with van der Waals surface area (Å²) in [5.41, 5.74) is 0. The third-order valence-corrected chi connectivity index (χ3v) is 1.42. The van der Waals surface area contributed by atoms with Gasteiger partial charge in [0.05, 0.1) is 0 Å². The van der Waals surface area contributed by atoms with Gasteiger partial charge in [-0.3, -0.25) is 9.59 Å². The Morgan fingerprint density at radius 1 is 1.23 bits per heavy atom. The quantitative estimate of drug-likeness (QED) is 0.625. The molecule has 4 heteroatoms. The molecule has 0 saturated carbocycles. The molecule has 0 fully saturated rings. The zero-order chi connectivity index (χ0) is 10.4. The highest BCUT2D eigenvalue weighted by molar-refractivity contribution is 5.68. The van der Waals surface area contributed by atoms with E-state index in [9.17, 15) is 9.59 Å². The predicted octanol–water partition coefficient (Wildman–Crippen LogP) is 1.44. The number of hydrogen-bond donors (Lipinski definition) is 0. The van der Waals surface area contributed by atoms with Crippen molar-refractivity contribution < 1.29 is 19.1 Å². The van der Waals surface area contributed by atoms with E-state index in [1.807, 2.05) is 6.92 Å². The van der Waals surface area contributed by atoms with Gasteiger partial charge < -0.3 is 9.47 Å². The van der Waals surface area contributed by atoms with E-state index >= 15 is 0 Å². The highest BCUT2D eigenvalue weighted by Crippen LogP contribution is 2.16. The SMILES string of the molecule is CC[C](OC(C)=O)C(C)OC(C)=O. The molecule has 4 nitrogen and oxygen atoms in total. The van der Waals surface area contributed by atoms with E-state index in [-0.39, 0.29) is 5.97 Å². The lowest BCUT2D eigenvalue weighted by Crippen LogP contribution is -2.24. The standard InChI is InChI=1S/C9H15O4/c1-5-9(13-8(4)11)6(2)12-7(3)10/h6H,5H2,1-4H3. The van der Waals surface area contributed by atoms with E-state index in [0.717, 1.165) is 0 Å². The molecule has 0 aliphatic carbocycles. The van der Waals surface area contributed by atoms with Crippen LogP contribution < -0.4 is 0 Å². The molecule has 1 radical (unpaired) electrons. The van der Waals surface area contributed by atoms with Gasteiger partial charge in [0.15, 0.2) is 6.10 Å². The van der Waals surface area contributed by atoms with Crippen LogP contribution in [-0.2, 0) is 19.1 Å². The molecule has 0 aliphatic heterocycles. The molecule has 0 heterocycles. The second-order valence-electron chi connectivity index (χ2n) is 2.67. The fourth-order valence-electron chi connectivity index (χ4n) is 0.942. The highest BCUT2D eigenvalue weighted by atomic mass is 16.6. The Labute approximate surface area is 78.2 Å². The van der Waals surface area contributed by atoms with Crippen molar-refractivity contribution in [2.24, 2.45) is 0 Å². The molecule has 13 heavy (non-hydrogen) atoms. The molecular formula is C9H15O4. The Balaban J connectivity index is 4.06. The molecule has 0 aliphatic rings. The maximum absolute atomic E-state index is 10.6. The van der Waals surface area contributed by atoms with Crippen LogP contribution in [0.2, 0.25) is 0 Å². The van der Waals surface area contributed by atoms with Gasteiger partial charge in [-0.15, -0.1) is 0 Å². The van der Waals surface area contributed by atoms with Crippen molar-refractivity contribution in [1.29, 1.82) is 0 Å². The van der Waals surface area contributed by atoms with Gasteiger partial charge in [0.2, 0.25) is 0 Å². The molecule has 0 aromatic rings. The van der Waals surface area contributed by atoms with Crippen molar-refractivity contribution in [3.63, 3.8) is 0 Å². The molecule has 75 valence electrons. The number of hydrogen-bond acceptors (Lipinski definition) is 4. The first-order valence-electron chi connectivity index (χ1n) is 4.18. The van der Waals surface area contributed by atoms with E-state index in [0.29, 0.717) is 12.5 Å². The molecule has 0 aromatic carbocycles. The van der Waals surface area contributed by atoms with Crippen molar-refractivity contribution in [1.82, 2.24) is 0 Å². The van der Waals surface area contributed by atoms with Crippen molar-refractivity contribution >= 4 is 11.9 Å². The number of esters is 2. The third-order valence-electron chi connectivity index (χ3n) is 1.42.